The number of hydrogen-bond acceptors (Lipinski definition) is 4. The third-order valence-corrected chi connectivity index (χ3v) is 3.90. The SMILES string of the molecule is O=C(Nc1ccc(Cl)cc1)c1cnc(NCCc2ccccc2F)nc1. The maximum Gasteiger partial charge on any atom is 0.258 e. The highest BCUT2D eigenvalue weighted by atomic mass is 35.5. The van der Waals surface area contributed by atoms with Gasteiger partial charge >= 0.3 is 0 Å². The number of carbonyl (C=O) groups excluding carboxylic acids is 1. The summed E-state index contributed by atoms with van der Waals surface area (Å²) in [7, 11) is 0. The molecule has 3 rings (SSSR count). The Morgan fingerprint density at radius 1 is 1.04 bits per heavy atom. The fourth-order valence-corrected chi connectivity index (χ4v) is 2.41. The van der Waals surface area contributed by atoms with Gasteiger partial charge in [0.1, 0.15) is 5.82 Å². The van der Waals surface area contributed by atoms with Crippen LogP contribution in [0.2, 0.25) is 5.02 Å². The Morgan fingerprint density at radius 3 is 2.42 bits per heavy atom. The fourth-order valence-electron chi connectivity index (χ4n) is 2.28. The second kappa shape index (κ2) is 8.40. The maximum atomic E-state index is 13.5. The van der Waals surface area contributed by atoms with E-state index in [-0.39, 0.29) is 11.7 Å². The number of halogens is 2. The van der Waals surface area contributed by atoms with E-state index in [9.17, 15) is 9.18 Å². The molecule has 0 bridgehead atoms. The second-order valence-corrected chi connectivity index (χ2v) is 5.96. The van der Waals surface area contributed by atoms with E-state index >= 15 is 0 Å². The molecule has 0 saturated carbocycles. The summed E-state index contributed by atoms with van der Waals surface area (Å²) in [6.45, 7) is 0.483. The Balaban J connectivity index is 1.53. The van der Waals surface area contributed by atoms with E-state index < -0.39 is 0 Å². The average Bonchev–Trinajstić information content (AvgIpc) is 2.66. The van der Waals surface area contributed by atoms with Crippen LogP contribution in [0.5, 0.6) is 0 Å². The molecular formula is C19H16ClFN4O. The van der Waals surface area contributed by atoms with Gasteiger partial charge in [-0.3, -0.25) is 4.79 Å². The Hall–Kier alpha value is -2.99. The van der Waals surface area contributed by atoms with Crippen LogP contribution in [0.25, 0.3) is 0 Å². The zero-order valence-corrected chi connectivity index (χ0v) is 14.5. The van der Waals surface area contributed by atoms with Crippen molar-refractivity contribution in [3.05, 3.63) is 82.9 Å². The summed E-state index contributed by atoms with van der Waals surface area (Å²) >= 11 is 5.81. The Morgan fingerprint density at radius 2 is 1.73 bits per heavy atom. The van der Waals surface area contributed by atoms with Gasteiger partial charge < -0.3 is 10.6 Å². The van der Waals surface area contributed by atoms with Crippen molar-refractivity contribution in [3.8, 4) is 0 Å². The van der Waals surface area contributed by atoms with Crippen molar-refractivity contribution in [2.45, 2.75) is 6.42 Å². The summed E-state index contributed by atoms with van der Waals surface area (Å²) in [5, 5.41) is 6.34. The van der Waals surface area contributed by atoms with Crippen molar-refractivity contribution in [2.75, 3.05) is 17.2 Å². The molecule has 0 unspecified atom stereocenters. The largest absolute Gasteiger partial charge is 0.354 e. The Labute approximate surface area is 155 Å². The van der Waals surface area contributed by atoms with Gasteiger partial charge in [-0.1, -0.05) is 29.8 Å². The first-order valence-corrected chi connectivity index (χ1v) is 8.36. The molecule has 2 aromatic carbocycles. The van der Waals surface area contributed by atoms with Crippen LogP contribution in [-0.2, 0) is 6.42 Å². The van der Waals surface area contributed by atoms with Crippen LogP contribution in [0.3, 0.4) is 0 Å². The number of nitrogens with zero attached hydrogens (tertiary/aromatic N) is 2. The minimum absolute atomic E-state index is 0.232. The standard InChI is InChI=1S/C19H16ClFN4O/c20-15-5-7-16(8-6-15)25-18(26)14-11-23-19(24-12-14)22-10-9-13-3-1-2-4-17(13)21/h1-8,11-12H,9-10H2,(H,25,26)(H,22,23,24). The summed E-state index contributed by atoms with van der Waals surface area (Å²) in [5.74, 6) is -0.168. The number of aromatic nitrogens is 2. The molecule has 5 nitrogen and oxygen atoms in total. The smallest absolute Gasteiger partial charge is 0.258 e. The van der Waals surface area contributed by atoms with E-state index in [1.54, 1.807) is 42.5 Å². The zero-order chi connectivity index (χ0) is 18.4. The molecular weight excluding hydrogens is 355 g/mol. The lowest BCUT2D eigenvalue weighted by Gasteiger charge is -2.07. The van der Waals surface area contributed by atoms with Gasteiger partial charge in [0.2, 0.25) is 5.95 Å². The molecule has 7 heteroatoms. The second-order valence-electron chi connectivity index (χ2n) is 5.52. The molecule has 0 radical (unpaired) electrons. The van der Waals surface area contributed by atoms with Crippen LogP contribution in [0.15, 0.2) is 60.9 Å². The van der Waals surface area contributed by atoms with Gasteiger partial charge in [0.05, 0.1) is 5.56 Å². The average molecular weight is 371 g/mol. The summed E-state index contributed by atoms with van der Waals surface area (Å²) in [6, 6.07) is 13.4. The fraction of sp³-hybridized carbons (Fsp3) is 0.105. The zero-order valence-electron chi connectivity index (χ0n) is 13.7. The van der Waals surface area contributed by atoms with Crippen LogP contribution >= 0.6 is 11.6 Å². The molecule has 0 spiro atoms. The highest BCUT2D eigenvalue weighted by molar-refractivity contribution is 6.30. The molecule has 0 aliphatic rings. The first-order chi connectivity index (χ1) is 12.6. The summed E-state index contributed by atoms with van der Waals surface area (Å²) < 4.78 is 13.5. The van der Waals surface area contributed by atoms with Gasteiger partial charge in [0.15, 0.2) is 0 Å². The molecule has 0 atom stereocenters. The van der Waals surface area contributed by atoms with E-state index in [1.165, 1.54) is 18.5 Å². The van der Waals surface area contributed by atoms with Gasteiger partial charge in [-0.25, -0.2) is 14.4 Å². The van der Waals surface area contributed by atoms with Crippen LogP contribution in [0.1, 0.15) is 15.9 Å². The van der Waals surface area contributed by atoms with Crippen LogP contribution in [0.4, 0.5) is 16.0 Å². The van der Waals surface area contributed by atoms with E-state index in [4.69, 9.17) is 11.6 Å². The van der Waals surface area contributed by atoms with Crippen LogP contribution in [-0.4, -0.2) is 22.4 Å². The Bertz CT molecular complexity index is 885. The predicted molar refractivity (Wildman–Crippen MR) is 100 cm³/mol. The van der Waals surface area contributed by atoms with E-state index in [0.29, 0.717) is 40.8 Å². The van der Waals surface area contributed by atoms with Crippen LogP contribution in [0, 0.1) is 5.82 Å². The lowest BCUT2D eigenvalue weighted by atomic mass is 10.1. The molecule has 2 N–H and O–H groups in total. The summed E-state index contributed by atoms with van der Waals surface area (Å²) in [6.07, 6.45) is 3.38. The van der Waals surface area contributed by atoms with Gasteiger partial charge in [-0.15, -0.1) is 0 Å². The molecule has 0 saturated heterocycles. The maximum absolute atomic E-state index is 13.5. The third kappa shape index (κ3) is 4.77. The predicted octanol–water partition coefficient (Wildman–Crippen LogP) is 4.18. The molecule has 1 amide bonds. The van der Waals surface area contributed by atoms with E-state index in [2.05, 4.69) is 20.6 Å². The Kier molecular flexibility index (Phi) is 5.76. The van der Waals surface area contributed by atoms with Gasteiger partial charge in [-0.2, -0.15) is 0 Å². The number of nitrogens with one attached hydrogen (secondary N) is 2. The minimum Gasteiger partial charge on any atom is -0.354 e. The van der Waals surface area contributed by atoms with Crippen molar-refractivity contribution in [3.63, 3.8) is 0 Å². The topological polar surface area (TPSA) is 66.9 Å². The number of amides is 1. The van der Waals surface area contributed by atoms with Crippen LogP contribution < -0.4 is 10.6 Å². The number of rotatable bonds is 6. The van der Waals surface area contributed by atoms with Gasteiger partial charge in [0, 0.05) is 29.6 Å². The highest BCUT2D eigenvalue weighted by Crippen LogP contribution is 2.14. The molecule has 0 aliphatic carbocycles. The van der Waals surface area contributed by atoms with Gasteiger partial charge in [-0.05, 0) is 42.3 Å². The third-order valence-electron chi connectivity index (χ3n) is 3.65. The van der Waals surface area contributed by atoms with Crippen molar-refractivity contribution in [1.29, 1.82) is 0 Å². The monoisotopic (exact) mass is 370 g/mol. The normalized spacial score (nSPS) is 10.4. The first-order valence-electron chi connectivity index (χ1n) is 7.98. The lowest BCUT2D eigenvalue weighted by molar-refractivity contribution is 0.102. The first kappa shape index (κ1) is 17.8. The summed E-state index contributed by atoms with van der Waals surface area (Å²) in [4.78, 5) is 20.4. The highest BCUT2D eigenvalue weighted by Gasteiger charge is 2.08. The molecule has 26 heavy (non-hydrogen) atoms. The number of hydrogen-bond donors (Lipinski definition) is 2. The number of carbonyl (C=O) groups is 1. The molecule has 0 aliphatic heterocycles. The number of anilines is 2. The van der Waals surface area contributed by atoms with Crippen molar-refractivity contribution in [2.24, 2.45) is 0 Å². The van der Waals surface area contributed by atoms with Crippen molar-refractivity contribution < 1.29 is 9.18 Å². The van der Waals surface area contributed by atoms with Crippen molar-refractivity contribution in [1.82, 2.24) is 9.97 Å². The lowest BCUT2D eigenvalue weighted by Crippen LogP contribution is -2.14. The molecule has 132 valence electrons. The molecule has 1 aromatic heterocycles. The molecule has 1 heterocycles. The molecule has 0 fully saturated rings. The van der Waals surface area contributed by atoms with Gasteiger partial charge in [0.25, 0.3) is 5.91 Å². The van der Waals surface area contributed by atoms with Crippen molar-refractivity contribution >= 4 is 29.1 Å². The minimum atomic E-state index is -0.315. The quantitative estimate of drug-likeness (QED) is 0.683. The van der Waals surface area contributed by atoms with E-state index in [0.717, 1.165) is 0 Å². The number of benzene rings is 2. The van der Waals surface area contributed by atoms with E-state index in [1.807, 2.05) is 0 Å². The summed E-state index contributed by atoms with van der Waals surface area (Å²) in [5.41, 5.74) is 1.59. The molecule has 3 aromatic rings.